The van der Waals surface area contributed by atoms with Crippen LogP contribution in [0.25, 0.3) is 0 Å². The van der Waals surface area contributed by atoms with Crippen molar-refractivity contribution in [1.82, 2.24) is 5.32 Å². The standard InChI is InChI=1S/C16H23NO3S/c1-16(2,3)20-15(19)17-13(14(18)11-21-4)10-12-8-6-5-7-9-12/h5-9,13H,10-11H2,1-4H3,(H,17,19)/t13-/m0/s1. The van der Waals surface area contributed by atoms with Gasteiger partial charge < -0.3 is 10.1 Å². The van der Waals surface area contributed by atoms with Gasteiger partial charge >= 0.3 is 6.09 Å². The fraction of sp³-hybridized carbons (Fsp3) is 0.500. The zero-order valence-corrected chi connectivity index (χ0v) is 13.8. The van der Waals surface area contributed by atoms with E-state index < -0.39 is 17.7 Å². The number of carbonyl (C=O) groups excluding carboxylic acids is 2. The minimum absolute atomic E-state index is 0.00258. The number of rotatable bonds is 6. The topological polar surface area (TPSA) is 55.4 Å². The monoisotopic (exact) mass is 309 g/mol. The third-order valence-electron chi connectivity index (χ3n) is 2.65. The van der Waals surface area contributed by atoms with Crippen molar-refractivity contribution >= 4 is 23.6 Å². The molecule has 0 spiro atoms. The van der Waals surface area contributed by atoms with Crippen molar-refractivity contribution in [1.29, 1.82) is 0 Å². The molecular formula is C16H23NO3S. The maximum atomic E-state index is 12.2. The molecule has 0 heterocycles. The van der Waals surface area contributed by atoms with Gasteiger partial charge in [-0.3, -0.25) is 4.79 Å². The number of alkyl carbamates (subject to hydrolysis) is 1. The van der Waals surface area contributed by atoms with Crippen LogP contribution in [0.1, 0.15) is 26.3 Å². The molecule has 0 aliphatic heterocycles. The van der Waals surface area contributed by atoms with E-state index in [1.807, 2.05) is 36.6 Å². The second-order valence-corrected chi connectivity index (χ2v) is 6.65. The zero-order valence-electron chi connectivity index (χ0n) is 13.0. The molecule has 116 valence electrons. The van der Waals surface area contributed by atoms with E-state index in [0.717, 1.165) is 5.56 Å². The molecule has 0 saturated carbocycles. The zero-order chi connectivity index (χ0) is 15.9. The van der Waals surface area contributed by atoms with Gasteiger partial charge in [-0.15, -0.1) is 0 Å². The summed E-state index contributed by atoms with van der Waals surface area (Å²) >= 11 is 1.45. The SMILES string of the molecule is CSCC(=O)[C@H](Cc1ccccc1)NC(=O)OC(C)(C)C. The first-order chi connectivity index (χ1) is 9.81. The van der Waals surface area contributed by atoms with Gasteiger partial charge in [0.2, 0.25) is 0 Å². The molecule has 0 unspecified atom stereocenters. The molecule has 1 atom stereocenters. The van der Waals surface area contributed by atoms with Crippen LogP contribution >= 0.6 is 11.8 Å². The molecule has 0 aromatic heterocycles. The number of thioether (sulfide) groups is 1. The molecule has 0 fully saturated rings. The quantitative estimate of drug-likeness (QED) is 0.877. The number of nitrogens with one attached hydrogen (secondary N) is 1. The van der Waals surface area contributed by atoms with Crippen LogP contribution in [0.15, 0.2) is 30.3 Å². The van der Waals surface area contributed by atoms with Gasteiger partial charge in [-0.1, -0.05) is 30.3 Å². The van der Waals surface area contributed by atoms with Crippen LogP contribution in [0.4, 0.5) is 4.79 Å². The van der Waals surface area contributed by atoms with E-state index in [4.69, 9.17) is 4.74 Å². The van der Waals surface area contributed by atoms with E-state index in [-0.39, 0.29) is 5.78 Å². The smallest absolute Gasteiger partial charge is 0.408 e. The Morgan fingerprint density at radius 2 is 1.86 bits per heavy atom. The fourth-order valence-corrected chi connectivity index (χ4v) is 2.27. The van der Waals surface area contributed by atoms with Crippen molar-refractivity contribution in [2.24, 2.45) is 0 Å². The van der Waals surface area contributed by atoms with E-state index in [1.165, 1.54) is 11.8 Å². The molecule has 0 aliphatic rings. The normalized spacial score (nSPS) is 12.6. The molecule has 0 radical (unpaired) electrons. The summed E-state index contributed by atoms with van der Waals surface area (Å²) in [4.78, 5) is 24.0. The lowest BCUT2D eigenvalue weighted by atomic mass is 10.0. The molecule has 4 nitrogen and oxygen atoms in total. The third kappa shape index (κ3) is 7.18. The summed E-state index contributed by atoms with van der Waals surface area (Å²) in [6.45, 7) is 5.38. The summed E-state index contributed by atoms with van der Waals surface area (Å²) in [6, 6.07) is 9.07. The Kier molecular flexibility index (Phi) is 6.75. The maximum Gasteiger partial charge on any atom is 0.408 e. The van der Waals surface area contributed by atoms with Crippen LogP contribution in [0.5, 0.6) is 0 Å². The van der Waals surface area contributed by atoms with Gasteiger partial charge in [0.25, 0.3) is 0 Å². The van der Waals surface area contributed by atoms with Crippen molar-refractivity contribution < 1.29 is 14.3 Å². The Hall–Kier alpha value is -1.49. The Balaban J connectivity index is 2.73. The van der Waals surface area contributed by atoms with Gasteiger partial charge in [0, 0.05) is 0 Å². The van der Waals surface area contributed by atoms with E-state index in [1.54, 1.807) is 20.8 Å². The predicted molar refractivity (Wildman–Crippen MR) is 86.7 cm³/mol. The molecule has 21 heavy (non-hydrogen) atoms. The predicted octanol–water partition coefficient (Wildman–Crippen LogP) is 3.05. The Labute approximate surface area is 130 Å². The number of ketones is 1. The van der Waals surface area contributed by atoms with Gasteiger partial charge in [0.15, 0.2) is 5.78 Å². The summed E-state index contributed by atoms with van der Waals surface area (Å²) in [7, 11) is 0. The highest BCUT2D eigenvalue weighted by atomic mass is 32.2. The van der Waals surface area contributed by atoms with E-state index >= 15 is 0 Å². The van der Waals surface area contributed by atoms with Crippen molar-refractivity contribution in [2.75, 3.05) is 12.0 Å². The third-order valence-corrected chi connectivity index (χ3v) is 3.22. The second kappa shape index (κ2) is 8.08. The van der Waals surface area contributed by atoms with Gasteiger partial charge in [0.1, 0.15) is 5.60 Å². The number of carbonyl (C=O) groups is 2. The molecule has 0 bridgehead atoms. The molecule has 1 aromatic carbocycles. The van der Waals surface area contributed by atoms with Crippen LogP contribution in [0.3, 0.4) is 0 Å². The van der Waals surface area contributed by atoms with Gasteiger partial charge in [-0.25, -0.2) is 4.79 Å². The number of amides is 1. The highest BCUT2D eigenvalue weighted by molar-refractivity contribution is 7.99. The lowest BCUT2D eigenvalue weighted by molar-refractivity contribution is -0.118. The summed E-state index contributed by atoms with van der Waals surface area (Å²) in [5, 5.41) is 2.68. The number of hydrogen-bond donors (Lipinski definition) is 1. The van der Waals surface area contributed by atoms with Gasteiger partial charge in [0.05, 0.1) is 11.8 Å². The minimum Gasteiger partial charge on any atom is -0.444 e. The van der Waals surface area contributed by atoms with Crippen LogP contribution in [0, 0.1) is 0 Å². The second-order valence-electron chi connectivity index (χ2n) is 5.79. The summed E-state index contributed by atoms with van der Waals surface area (Å²) in [5.41, 5.74) is 0.428. The number of benzene rings is 1. The van der Waals surface area contributed by atoms with Crippen LogP contribution in [0.2, 0.25) is 0 Å². The van der Waals surface area contributed by atoms with Gasteiger partial charge in [-0.2, -0.15) is 11.8 Å². The Bertz CT molecular complexity index is 468. The number of ether oxygens (including phenoxy) is 1. The molecule has 1 rings (SSSR count). The van der Waals surface area contributed by atoms with E-state index in [0.29, 0.717) is 12.2 Å². The van der Waals surface area contributed by atoms with E-state index in [9.17, 15) is 9.59 Å². The average Bonchev–Trinajstić information content (AvgIpc) is 2.37. The fourth-order valence-electron chi connectivity index (χ4n) is 1.79. The molecule has 5 heteroatoms. The van der Waals surface area contributed by atoms with Crippen LogP contribution < -0.4 is 5.32 Å². The number of Topliss-reactive ketones (excluding diaryl/α,β-unsaturated/α-hetero) is 1. The first-order valence-electron chi connectivity index (χ1n) is 6.87. The largest absolute Gasteiger partial charge is 0.444 e. The molecule has 1 aromatic rings. The van der Waals surface area contributed by atoms with Crippen molar-refractivity contribution in [3.05, 3.63) is 35.9 Å². The molecule has 1 N–H and O–H groups in total. The first-order valence-corrected chi connectivity index (χ1v) is 8.26. The van der Waals surface area contributed by atoms with Crippen LogP contribution in [-0.2, 0) is 16.0 Å². The Morgan fingerprint density at radius 1 is 1.24 bits per heavy atom. The molecule has 0 aliphatic carbocycles. The Morgan fingerprint density at radius 3 is 2.38 bits per heavy atom. The van der Waals surface area contributed by atoms with Crippen molar-refractivity contribution in [3.8, 4) is 0 Å². The summed E-state index contributed by atoms with van der Waals surface area (Å²) in [6.07, 6.45) is 1.78. The molecular weight excluding hydrogens is 286 g/mol. The van der Waals surface area contributed by atoms with Crippen molar-refractivity contribution in [3.63, 3.8) is 0 Å². The highest BCUT2D eigenvalue weighted by Crippen LogP contribution is 2.10. The average molecular weight is 309 g/mol. The van der Waals surface area contributed by atoms with Gasteiger partial charge in [-0.05, 0) is 39.0 Å². The molecule has 0 saturated heterocycles. The highest BCUT2D eigenvalue weighted by Gasteiger charge is 2.24. The lowest BCUT2D eigenvalue weighted by Crippen LogP contribution is -2.45. The van der Waals surface area contributed by atoms with Crippen molar-refractivity contribution in [2.45, 2.75) is 38.8 Å². The lowest BCUT2D eigenvalue weighted by Gasteiger charge is -2.23. The first kappa shape index (κ1) is 17.6. The summed E-state index contributed by atoms with van der Waals surface area (Å²) < 4.78 is 5.23. The van der Waals surface area contributed by atoms with E-state index in [2.05, 4.69) is 5.32 Å². The molecule has 1 amide bonds. The maximum absolute atomic E-state index is 12.2. The summed E-state index contributed by atoms with van der Waals surface area (Å²) in [5.74, 6) is 0.366. The van der Waals surface area contributed by atoms with Crippen LogP contribution in [-0.4, -0.2) is 35.5 Å². The number of hydrogen-bond acceptors (Lipinski definition) is 4. The minimum atomic E-state index is -0.579.